The Kier molecular flexibility index (Phi) is 4.95. The van der Waals surface area contributed by atoms with Crippen LogP contribution < -0.4 is 15.4 Å². The number of nitrogens with zero attached hydrogens (tertiary/aromatic N) is 1. The quantitative estimate of drug-likeness (QED) is 0.929. The molecule has 1 aliphatic carbocycles. The van der Waals surface area contributed by atoms with Crippen molar-refractivity contribution in [2.45, 2.75) is 38.1 Å². The van der Waals surface area contributed by atoms with E-state index < -0.39 is 6.36 Å². The van der Waals surface area contributed by atoms with E-state index in [4.69, 9.17) is 5.73 Å². The lowest BCUT2D eigenvalue weighted by Crippen LogP contribution is -2.33. The fourth-order valence-electron chi connectivity index (χ4n) is 2.71. The molecule has 0 aromatic heterocycles. The van der Waals surface area contributed by atoms with Crippen LogP contribution in [0.1, 0.15) is 25.7 Å². The van der Waals surface area contributed by atoms with Gasteiger partial charge in [-0.15, -0.1) is 13.2 Å². The van der Waals surface area contributed by atoms with Gasteiger partial charge in [0.05, 0.1) is 0 Å². The molecule has 0 saturated heterocycles. The summed E-state index contributed by atoms with van der Waals surface area (Å²) in [6.45, 7) is 0. The Bertz CT molecular complexity index is 534. The minimum absolute atomic E-state index is 0.0252. The van der Waals surface area contributed by atoms with E-state index in [1.165, 1.54) is 30.1 Å². The molecule has 1 aliphatic rings. The monoisotopic (exact) mass is 316 g/mol. The summed E-state index contributed by atoms with van der Waals surface area (Å²) < 4.78 is 40.6. The minimum Gasteiger partial charge on any atom is -0.406 e. The van der Waals surface area contributed by atoms with Gasteiger partial charge >= 0.3 is 6.36 Å². The van der Waals surface area contributed by atoms with Gasteiger partial charge < -0.3 is 15.4 Å². The Balaban J connectivity index is 2.03. The molecule has 7 heteroatoms. The Labute approximate surface area is 127 Å². The van der Waals surface area contributed by atoms with Crippen LogP contribution in [0, 0.1) is 5.92 Å². The number of anilines is 1. The highest BCUT2D eigenvalue weighted by atomic mass is 19.4. The number of carbonyl (C=O) groups is 1. The number of benzene rings is 1. The standard InChI is InChI=1S/C15H19F3N2O2/c1-20(14(21)8-10-4-2-7-13(10)19)11-5-3-6-12(9-11)22-15(16,17)18/h3,5-6,9-10,13H,2,4,7-8,19H2,1H3/t10-,13+/m0/s1. The summed E-state index contributed by atoms with van der Waals surface area (Å²) in [5.41, 5.74) is 6.30. The number of alkyl halides is 3. The van der Waals surface area contributed by atoms with E-state index in [1.54, 1.807) is 6.07 Å². The van der Waals surface area contributed by atoms with Crippen molar-refractivity contribution in [2.24, 2.45) is 11.7 Å². The molecule has 1 saturated carbocycles. The molecule has 122 valence electrons. The van der Waals surface area contributed by atoms with E-state index in [0.29, 0.717) is 12.1 Å². The number of ether oxygens (including phenoxy) is 1. The van der Waals surface area contributed by atoms with E-state index >= 15 is 0 Å². The SMILES string of the molecule is CN(C(=O)C[C@@H]1CCC[C@H]1N)c1cccc(OC(F)(F)F)c1. The van der Waals surface area contributed by atoms with Crippen molar-refractivity contribution in [1.29, 1.82) is 0 Å². The Morgan fingerprint density at radius 2 is 2.14 bits per heavy atom. The first-order chi connectivity index (χ1) is 10.3. The first-order valence-corrected chi connectivity index (χ1v) is 7.14. The molecular formula is C15H19F3N2O2. The van der Waals surface area contributed by atoms with Crippen LogP contribution in [-0.2, 0) is 4.79 Å². The molecule has 0 aliphatic heterocycles. The Hall–Kier alpha value is -1.76. The van der Waals surface area contributed by atoms with E-state index in [1.807, 2.05) is 0 Å². The van der Waals surface area contributed by atoms with Crippen molar-refractivity contribution in [3.8, 4) is 5.75 Å². The summed E-state index contributed by atoms with van der Waals surface area (Å²) in [5, 5.41) is 0. The molecule has 2 N–H and O–H groups in total. The molecule has 4 nitrogen and oxygen atoms in total. The van der Waals surface area contributed by atoms with Gasteiger partial charge in [0.15, 0.2) is 0 Å². The highest BCUT2D eigenvalue weighted by Gasteiger charge is 2.31. The van der Waals surface area contributed by atoms with Crippen molar-refractivity contribution >= 4 is 11.6 Å². The van der Waals surface area contributed by atoms with Gasteiger partial charge in [-0.3, -0.25) is 4.79 Å². The van der Waals surface area contributed by atoms with E-state index in [2.05, 4.69) is 4.74 Å². The van der Waals surface area contributed by atoms with Gasteiger partial charge in [-0.1, -0.05) is 12.5 Å². The molecular weight excluding hydrogens is 297 g/mol. The smallest absolute Gasteiger partial charge is 0.406 e. The second kappa shape index (κ2) is 6.56. The summed E-state index contributed by atoms with van der Waals surface area (Å²) in [5.74, 6) is -0.363. The van der Waals surface area contributed by atoms with Crippen LogP contribution in [-0.4, -0.2) is 25.4 Å². The zero-order valence-corrected chi connectivity index (χ0v) is 12.3. The lowest BCUT2D eigenvalue weighted by atomic mass is 9.99. The molecule has 0 radical (unpaired) electrons. The topological polar surface area (TPSA) is 55.6 Å². The van der Waals surface area contributed by atoms with Crippen molar-refractivity contribution in [3.05, 3.63) is 24.3 Å². The number of amides is 1. The molecule has 0 unspecified atom stereocenters. The predicted octanol–water partition coefficient (Wildman–Crippen LogP) is 3.07. The van der Waals surface area contributed by atoms with Crippen LogP contribution in [0.5, 0.6) is 5.75 Å². The van der Waals surface area contributed by atoms with Gasteiger partial charge in [-0.2, -0.15) is 0 Å². The maximum Gasteiger partial charge on any atom is 0.573 e. The third-order valence-corrected chi connectivity index (χ3v) is 3.97. The summed E-state index contributed by atoms with van der Waals surface area (Å²) >= 11 is 0. The molecule has 1 aromatic rings. The lowest BCUT2D eigenvalue weighted by molar-refractivity contribution is -0.274. The fraction of sp³-hybridized carbons (Fsp3) is 0.533. The molecule has 22 heavy (non-hydrogen) atoms. The van der Waals surface area contributed by atoms with E-state index in [-0.39, 0.29) is 23.6 Å². The van der Waals surface area contributed by atoms with Gasteiger partial charge in [0, 0.05) is 31.3 Å². The summed E-state index contributed by atoms with van der Waals surface area (Å²) in [6.07, 6.45) is -1.61. The van der Waals surface area contributed by atoms with Crippen molar-refractivity contribution in [2.75, 3.05) is 11.9 Å². The van der Waals surface area contributed by atoms with Gasteiger partial charge in [-0.25, -0.2) is 0 Å². The Morgan fingerprint density at radius 3 is 2.73 bits per heavy atom. The largest absolute Gasteiger partial charge is 0.573 e. The first-order valence-electron chi connectivity index (χ1n) is 7.14. The van der Waals surface area contributed by atoms with Crippen LogP contribution in [0.25, 0.3) is 0 Å². The van der Waals surface area contributed by atoms with Crippen molar-refractivity contribution in [1.82, 2.24) is 0 Å². The maximum absolute atomic E-state index is 12.2. The molecule has 2 atom stereocenters. The van der Waals surface area contributed by atoms with Crippen molar-refractivity contribution < 1.29 is 22.7 Å². The highest BCUT2D eigenvalue weighted by molar-refractivity contribution is 5.93. The minimum atomic E-state index is -4.75. The normalized spacial score (nSPS) is 21.7. The number of hydrogen-bond donors (Lipinski definition) is 1. The van der Waals surface area contributed by atoms with E-state index in [0.717, 1.165) is 19.3 Å². The average molecular weight is 316 g/mol. The van der Waals surface area contributed by atoms with Crippen LogP contribution in [0.15, 0.2) is 24.3 Å². The second-order valence-corrected chi connectivity index (χ2v) is 5.56. The number of hydrogen-bond acceptors (Lipinski definition) is 3. The average Bonchev–Trinajstić information content (AvgIpc) is 2.82. The van der Waals surface area contributed by atoms with Crippen LogP contribution >= 0.6 is 0 Å². The van der Waals surface area contributed by atoms with Crippen LogP contribution in [0.2, 0.25) is 0 Å². The number of rotatable bonds is 4. The summed E-state index contributed by atoms with van der Waals surface area (Å²) in [7, 11) is 1.54. The molecule has 2 rings (SSSR count). The Morgan fingerprint density at radius 1 is 1.41 bits per heavy atom. The molecule has 0 heterocycles. The third kappa shape index (κ3) is 4.37. The van der Waals surface area contributed by atoms with Gasteiger partial charge in [0.25, 0.3) is 0 Å². The third-order valence-electron chi connectivity index (χ3n) is 3.97. The highest BCUT2D eigenvalue weighted by Crippen LogP contribution is 2.30. The second-order valence-electron chi connectivity index (χ2n) is 5.56. The molecule has 1 aromatic carbocycles. The zero-order chi connectivity index (χ0) is 16.3. The van der Waals surface area contributed by atoms with Crippen LogP contribution in [0.4, 0.5) is 18.9 Å². The predicted molar refractivity (Wildman–Crippen MR) is 76.5 cm³/mol. The number of nitrogens with two attached hydrogens (primary N) is 1. The summed E-state index contributed by atoms with van der Waals surface area (Å²) in [4.78, 5) is 13.6. The number of carbonyl (C=O) groups excluding carboxylic acids is 1. The van der Waals surface area contributed by atoms with Gasteiger partial charge in [0.2, 0.25) is 5.91 Å². The lowest BCUT2D eigenvalue weighted by Gasteiger charge is -2.22. The van der Waals surface area contributed by atoms with Crippen LogP contribution in [0.3, 0.4) is 0 Å². The van der Waals surface area contributed by atoms with Gasteiger partial charge in [0.1, 0.15) is 5.75 Å². The van der Waals surface area contributed by atoms with E-state index in [9.17, 15) is 18.0 Å². The zero-order valence-electron chi connectivity index (χ0n) is 12.3. The summed E-state index contributed by atoms with van der Waals surface area (Å²) in [6, 6.07) is 5.40. The molecule has 1 fully saturated rings. The maximum atomic E-state index is 12.2. The van der Waals surface area contributed by atoms with Gasteiger partial charge in [-0.05, 0) is 30.9 Å². The van der Waals surface area contributed by atoms with Crippen molar-refractivity contribution in [3.63, 3.8) is 0 Å². The fourth-order valence-corrected chi connectivity index (χ4v) is 2.71. The molecule has 0 bridgehead atoms. The molecule has 1 amide bonds. The number of halogens is 3. The first kappa shape index (κ1) is 16.6. The molecule has 0 spiro atoms.